The fraction of sp³-hybridized carbons (Fsp3) is 0.0588. The van der Waals surface area contributed by atoms with Crippen molar-refractivity contribution in [3.63, 3.8) is 0 Å². The van der Waals surface area contributed by atoms with E-state index in [-0.39, 0.29) is 18.0 Å². The van der Waals surface area contributed by atoms with Crippen LogP contribution < -0.4 is 10.1 Å². The minimum atomic E-state index is -0.747. The lowest BCUT2D eigenvalue weighted by Gasteiger charge is -2.15. The van der Waals surface area contributed by atoms with E-state index in [2.05, 4.69) is 10.5 Å². The summed E-state index contributed by atoms with van der Waals surface area (Å²) in [5.74, 6) is -1.05. The van der Waals surface area contributed by atoms with Gasteiger partial charge in [0, 0.05) is 6.07 Å². The summed E-state index contributed by atoms with van der Waals surface area (Å²) >= 11 is 0. The second-order valence-electron chi connectivity index (χ2n) is 5.20. The van der Waals surface area contributed by atoms with Crippen LogP contribution in [-0.2, 0) is 6.61 Å². The van der Waals surface area contributed by atoms with Crippen molar-refractivity contribution in [3.05, 3.63) is 65.4 Å². The first-order chi connectivity index (χ1) is 11.6. The van der Waals surface area contributed by atoms with Gasteiger partial charge in [0.2, 0.25) is 0 Å². The monoisotopic (exact) mass is 328 g/mol. The highest BCUT2D eigenvalue weighted by Gasteiger charge is 2.28. The van der Waals surface area contributed by atoms with Crippen molar-refractivity contribution in [1.29, 1.82) is 0 Å². The van der Waals surface area contributed by atoms with Crippen LogP contribution in [0.2, 0.25) is 0 Å². The molecule has 3 aromatic rings. The second kappa shape index (κ2) is 5.45. The number of ether oxygens (including phenoxy) is 1. The number of carbonyl (C=O) groups is 1. The number of anilines is 1. The fourth-order valence-electron chi connectivity index (χ4n) is 2.54. The van der Waals surface area contributed by atoms with Crippen LogP contribution in [0.15, 0.2) is 47.0 Å². The zero-order chi connectivity index (χ0) is 16.7. The number of nitrogens with zero attached hydrogens (tertiary/aromatic N) is 1. The Balaban J connectivity index is 1.68. The zero-order valence-electron chi connectivity index (χ0n) is 12.2. The van der Waals surface area contributed by atoms with Gasteiger partial charge in [-0.05, 0) is 24.3 Å². The molecular formula is C17H10F2N2O3. The van der Waals surface area contributed by atoms with Crippen molar-refractivity contribution in [3.8, 4) is 17.1 Å². The second-order valence-corrected chi connectivity index (χ2v) is 5.20. The Hall–Kier alpha value is -3.22. The first kappa shape index (κ1) is 14.4. The topological polar surface area (TPSA) is 64.4 Å². The van der Waals surface area contributed by atoms with Gasteiger partial charge >= 0.3 is 0 Å². The molecule has 0 fully saturated rings. The van der Waals surface area contributed by atoms with Crippen molar-refractivity contribution in [2.24, 2.45) is 0 Å². The molecule has 1 N–H and O–H groups in total. The summed E-state index contributed by atoms with van der Waals surface area (Å²) in [4.78, 5) is 12.3. The molecule has 5 nitrogen and oxygen atoms in total. The lowest BCUT2D eigenvalue weighted by molar-refractivity contribution is 0.101. The number of para-hydroxylation sites is 1. The standard InChI is InChI=1S/C17H10F2N2O3/c18-9-5-6-12(19)13(7-9)20-17(22)15-11-8-23-14-4-2-1-3-10(14)16(11)24-21-15/h1-7H,8H2,(H,20,22). The lowest BCUT2D eigenvalue weighted by atomic mass is 10.0. The first-order valence-corrected chi connectivity index (χ1v) is 7.10. The summed E-state index contributed by atoms with van der Waals surface area (Å²) in [5.41, 5.74) is 0.849. The van der Waals surface area contributed by atoms with Crippen molar-refractivity contribution in [2.45, 2.75) is 6.61 Å². The summed E-state index contributed by atoms with van der Waals surface area (Å²) in [5, 5.41) is 6.06. The molecule has 0 atom stereocenters. The smallest absolute Gasteiger partial charge is 0.278 e. The number of carbonyl (C=O) groups excluding carboxylic acids is 1. The minimum Gasteiger partial charge on any atom is -0.488 e. The molecular weight excluding hydrogens is 318 g/mol. The molecule has 1 aliphatic heterocycles. The summed E-state index contributed by atoms with van der Waals surface area (Å²) in [6, 6.07) is 9.99. The lowest BCUT2D eigenvalue weighted by Crippen LogP contribution is -2.17. The van der Waals surface area contributed by atoms with Crippen LogP contribution in [0, 0.1) is 11.6 Å². The number of aromatic nitrogens is 1. The number of halogens is 2. The molecule has 1 aliphatic rings. The highest BCUT2D eigenvalue weighted by Crippen LogP contribution is 2.38. The summed E-state index contributed by atoms with van der Waals surface area (Å²) in [7, 11) is 0. The Morgan fingerprint density at radius 2 is 2.00 bits per heavy atom. The minimum absolute atomic E-state index is 0.0248. The van der Waals surface area contributed by atoms with E-state index in [0.29, 0.717) is 22.6 Å². The molecule has 0 radical (unpaired) electrons. The van der Waals surface area contributed by atoms with Crippen LogP contribution >= 0.6 is 0 Å². The van der Waals surface area contributed by atoms with Crippen LogP contribution in [0.4, 0.5) is 14.5 Å². The van der Waals surface area contributed by atoms with Gasteiger partial charge in [0.15, 0.2) is 11.5 Å². The number of hydrogen-bond acceptors (Lipinski definition) is 4. The molecule has 0 saturated heterocycles. The molecule has 1 aromatic heterocycles. The third-order valence-electron chi connectivity index (χ3n) is 3.68. The molecule has 120 valence electrons. The van der Waals surface area contributed by atoms with Crippen molar-refractivity contribution < 1.29 is 22.8 Å². The molecule has 24 heavy (non-hydrogen) atoms. The summed E-state index contributed by atoms with van der Waals surface area (Å²) in [6.45, 7) is 0.101. The van der Waals surface area contributed by atoms with Gasteiger partial charge in [-0.2, -0.15) is 0 Å². The van der Waals surface area contributed by atoms with Gasteiger partial charge in [0.1, 0.15) is 24.0 Å². The number of rotatable bonds is 2. The number of amides is 1. The van der Waals surface area contributed by atoms with E-state index < -0.39 is 17.5 Å². The van der Waals surface area contributed by atoms with E-state index in [9.17, 15) is 13.6 Å². The van der Waals surface area contributed by atoms with E-state index >= 15 is 0 Å². The Bertz CT molecular complexity index is 953. The van der Waals surface area contributed by atoms with Crippen LogP contribution in [0.1, 0.15) is 16.1 Å². The maximum Gasteiger partial charge on any atom is 0.278 e. The van der Waals surface area contributed by atoms with Gasteiger partial charge in [-0.25, -0.2) is 8.78 Å². The van der Waals surface area contributed by atoms with E-state index in [4.69, 9.17) is 9.26 Å². The van der Waals surface area contributed by atoms with Crippen molar-refractivity contribution in [2.75, 3.05) is 5.32 Å². The Labute approximate surface area is 134 Å². The number of nitrogens with one attached hydrogen (secondary N) is 1. The van der Waals surface area contributed by atoms with E-state index in [0.717, 1.165) is 18.2 Å². The van der Waals surface area contributed by atoms with Gasteiger partial charge in [-0.3, -0.25) is 4.79 Å². The van der Waals surface area contributed by atoms with E-state index in [1.165, 1.54) is 0 Å². The molecule has 1 amide bonds. The maximum atomic E-state index is 13.7. The fourth-order valence-corrected chi connectivity index (χ4v) is 2.54. The molecule has 2 aromatic carbocycles. The number of fused-ring (bicyclic) bond motifs is 3. The Morgan fingerprint density at radius 3 is 2.88 bits per heavy atom. The molecule has 0 spiro atoms. The quantitative estimate of drug-likeness (QED) is 0.778. The van der Waals surface area contributed by atoms with Crippen LogP contribution in [0.5, 0.6) is 5.75 Å². The van der Waals surface area contributed by atoms with Gasteiger partial charge in [-0.15, -0.1) is 0 Å². The third kappa shape index (κ3) is 2.30. The molecule has 7 heteroatoms. The normalized spacial score (nSPS) is 12.1. The average molecular weight is 328 g/mol. The molecule has 0 bridgehead atoms. The number of benzene rings is 2. The van der Waals surface area contributed by atoms with Crippen LogP contribution in [0.25, 0.3) is 11.3 Å². The average Bonchev–Trinajstić information content (AvgIpc) is 3.03. The summed E-state index contributed by atoms with van der Waals surface area (Å²) in [6.07, 6.45) is 0. The van der Waals surface area contributed by atoms with Gasteiger partial charge in [0.25, 0.3) is 5.91 Å². The predicted octanol–water partition coefficient (Wildman–Crippen LogP) is 3.76. The SMILES string of the molecule is O=C(Nc1cc(F)ccc1F)c1noc2c1COc1ccccc1-2. The molecule has 0 saturated carbocycles. The van der Waals surface area contributed by atoms with Crippen LogP contribution in [0.3, 0.4) is 0 Å². The predicted molar refractivity (Wildman–Crippen MR) is 80.6 cm³/mol. The highest BCUT2D eigenvalue weighted by molar-refractivity contribution is 6.04. The Morgan fingerprint density at radius 1 is 1.17 bits per heavy atom. The van der Waals surface area contributed by atoms with Crippen molar-refractivity contribution in [1.82, 2.24) is 5.16 Å². The molecule has 2 heterocycles. The third-order valence-corrected chi connectivity index (χ3v) is 3.68. The van der Waals surface area contributed by atoms with Gasteiger partial charge < -0.3 is 14.6 Å². The summed E-state index contributed by atoms with van der Waals surface area (Å²) < 4.78 is 37.7. The zero-order valence-corrected chi connectivity index (χ0v) is 12.2. The number of hydrogen-bond donors (Lipinski definition) is 1. The molecule has 0 aliphatic carbocycles. The van der Waals surface area contributed by atoms with Crippen LogP contribution in [-0.4, -0.2) is 11.1 Å². The van der Waals surface area contributed by atoms with E-state index in [1.807, 2.05) is 12.1 Å². The highest BCUT2D eigenvalue weighted by atomic mass is 19.1. The maximum absolute atomic E-state index is 13.7. The largest absolute Gasteiger partial charge is 0.488 e. The van der Waals surface area contributed by atoms with Gasteiger partial charge in [-0.1, -0.05) is 17.3 Å². The molecule has 0 unspecified atom stereocenters. The Kier molecular flexibility index (Phi) is 3.26. The van der Waals surface area contributed by atoms with E-state index in [1.54, 1.807) is 12.1 Å². The van der Waals surface area contributed by atoms with Crippen molar-refractivity contribution >= 4 is 11.6 Å². The first-order valence-electron chi connectivity index (χ1n) is 7.10. The van der Waals surface area contributed by atoms with Gasteiger partial charge in [0.05, 0.1) is 16.8 Å². The molecule has 4 rings (SSSR count).